The largest absolute Gasteiger partial charge is 0.368 e. The van der Waals surface area contributed by atoms with Crippen LogP contribution in [0.4, 0.5) is 10.6 Å². The molecule has 0 bridgehead atoms. The molecule has 4 rings (SSSR count). The van der Waals surface area contributed by atoms with Crippen LogP contribution in [-0.2, 0) is 7.05 Å². The van der Waals surface area contributed by atoms with E-state index in [1.807, 2.05) is 32.4 Å². The highest BCUT2D eigenvalue weighted by molar-refractivity contribution is 5.86. The number of carbonyl (C=O) groups excluding carboxylic acids is 1. The summed E-state index contributed by atoms with van der Waals surface area (Å²) in [6.07, 6.45) is 6.40. The number of hydrogen-bond donors (Lipinski definition) is 1. The van der Waals surface area contributed by atoms with Gasteiger partial charge in [0.15, 0.2) is 5.82 Å². The number of carbonyl (C=O) groups is 1. The summed E-state index contributed by atoms with van der Waals surface area (Å²) in [6, 6.07) is 2.28. The Labute approximate surface area is 154 Å². The lowest BCUT2D eigenvalue weighted by Gasteiger charge is -2.33. The summed E-state index contributed by atoms with van der Waals surface area (Å²) in [5, 5.41) is 3.53. The lowest BCUT2D eigenvalue weighted by Crippen LogP contribution is -2.43. The Morgan fingerprint density at radius 3 is 2.65 bits per heavy atom. The van der Waals surface area contributed by atoms with Gasteiger partial charge in [0.25, 0.3) is 0 Å². The molecule has 1 saturated heterocycles. The first-order chi connectivity index (χ1) is 12.5. The van der Waals surface area contributed by atoms with E-state index in [9.17, 15) is 4.79 Å². The number of nitrogens with one attached hydrogen (secondary N) is 1. The number of aryl methyl sites for hydroxylation is 1. The molecule has 7 nitrogen and oxygen atoms in total. The van der Waals surface area contributed by atoms with Gasteiger partial charge in [-0.3, -0.25) is 0 Å². The van der Waals surface area contributed by atoms with Crippen molar-refractivity contribution in [3.63, 3.8) is 0 Å². The summed E-state index contributed by atoms with van der Waals surface area (Å²) >= 11 is 0. The van der Waals surface area contributed by atoms with Gasteiger partial charge in [-0.25, -0.2) is 14.8 Å². The molecule has 7 heteroatoms. The average Bonchev–Trinajstić information content (AvgIpc) is 3.41. The molecule has 0 atom stereocenters. The molecule has 2 amide bonds. The Morgan fingerprint density at radius 1 is 1.27 bits per heavy atom. The predicted octanol–water partition coefficient (Wildman–Crippen LogP) is 2.65. The van der Waals surface area contributed by atoms with Gasteiger partial charge < -0.3 is 19.7 Å². The van der Waals surface area contributed by atoms with Crippen LogP contribution in [0.25, 0.3) is 11.0 Å². The first kappa shape index (κ1) is 17.1. The Morgan fingerprint density at radius 2 is 2.00 bits per heavy atom. The van der Waals surface area contributed by atoms with Crippen LogP contribution < -0.4 is 5.32 Å². The highest BCUT2D eigenvalue weighted by atomic mass is 16.2. The lowest BCUT2D eigenvalue weighted by molar-refractivity contribution is 0.156. The molecule has 1 saturated carbocycles. The molecule has 2 aromatic heterocycles. The van der Waals surface area contributed by atoms with Crippen LogP contribution in [-0.4, -0.2) is 64.1 Å². The quantitative estimate of drug-likeness (QED) is 0.915. The molecular formula is C19H28N6O. The Kier molecular flexibility index (Phi) is 4.46. The number of amides is 2. The second-order valence-corrected chi connectivity index (χ2v) is 7.88. The zero-order valence-electron chi connectivity index (χ0n) is 15.9. The number of anilines is 1. The number of likely N-dealkylation sites (tertiary alicyclic amines) is 1. The van der Waals surface area contributed by atoms with Crippen LogP contribution in [0.5, 0.6) is 0 Å². The van der Waals surface area contributed by atoms with E-state index in [4.69, 9.17) is 4.98 Å². The number of urea groups is 1. The van der Waals surface area contributed by atoms with Gasteiger partial charge in [0.1, 0.15) is 5.52 Å². The van der Waals surface area contributed by atoms with Crippen LogP contribution in [0.1, 0.15) is 37.3 Å². The van der Waals surface area contributed by atoms with Gasteiger partial charge in [0.2, 0.25) is 0 Å². The van der Waals surface area contributed by atoms with Crippen molar-refractivity contribution < 1.29 is 4.79 Å². The summed E-state index contributed by atoms with van der Waals surface area (Å²) in [6.45, 7) is 2.56. The molecular weight excluding hydrogens is 328 g/mol. The highest BCUT2D eigenvalue weighted by Gasteiger charge is 2.27. The molecule has 0 radical (unpaired) electrons. The van der Waals surface area contributed by atoms with Gasteiger partial charge in [-0.1, -0.05) is 0 Å². The monoisotopic (exact) mass is 356 g/mol. The summed E-state index contributed by atoms with van der Waals surface area (Å²) in [5.41, 5.74) is 3.20. The number of nitrogens with zero attached hydrogens (tertiary/aromatic N) is 5. The van der Waals surface area contributed by atoms with Crippen molar-refractivity contribution >= 4 is 22.9 Å². The zero-order chi connectivity index (χ0) is 18.3. The second-order valence-electron chi connectivity index (χ2n) is 7.88. The smallest absolute Gasteiger partial charge is 0.319 e. The molecule has 2 aromatic rings. The number of aromatic nitrogens is 3. The fourth-order valence-corrected chi connectivity index (χ4v) is 3.69. The summed E-state index contributed by atoms with van der Waals surface area (Å²) in [4.78, 5) is 25.2. The second kappa shape index (κ2) is 6.78. The van der Waals surface area contributed by atoms with Crippen molar-refractivity contribution in [2.24, 2.45) is 13.0 Å². The Bertz CT molecular complexity index is 802. The third-order valence-electron chi connectivity index (χ3n) is 5.55. The molecule has 2 aliphatic rings. The fraction of sp³-hybridized carbons (Fsp3) is 0.632. The van der Waals surface area contributed by atoms with E-state index >= 15 is 0 Å². The molecule has 0 unspecified atom stereocenters. The van der Waals surface area contributed by atoms with Crippen LogP contribution in [0.3, 0.4) is 0 Å². The van der Waals surface area contributed by atoms with E-state index in [0.717, 1.165) is 60.9 Å². The van der Waals surface area contributed by atoms with E-state index in [-0.39, 0.29) is 6.03 Å². The first-order valence-electron chi connectivity index (χ1n) is 9.55. The number of hydrogen-bond acceptors (Lipinski definition) is 4. The van der Waals surface area contributed by atoms with Crippen molar-refractivity contribution in [3.05, 3.63) is 18.1 Å². The number of rotatable bonds is 4. The molecule has 140 valence electrons. The van der Waals surface area contributed by atoms with E-state index in [1.54, 1.807) is 4.90 Å². The maximum Gasteiger partial charge on any atom is 0.319 e. The molecule has 3 heterocycles. The van der Waals surface area contributed by atoms with Gasteiger partial charge in [0.05, 0.1) is 11.8 Å². The molecule has 1 aliphatic heterocycles. The van der Waals surface area contributed by atoms with Gasteiger partial charge in [0, 0.05) is 52.4 Å². The van der Waals surface area contributed by atoms with Gasteiger partial charge in [-0.05, 0) is 37.7 Å². The Balaban J connectivity index is 1.54. The summed E-state index contributed by atoms with van der Waals surface area (Å²) in [7, 11) is 5.65. The normalized spacial score (nSPS) is 18.3. The van der Waals surface area contributed by atoms with Crippen LogP contribution in [0, 0.1) is 5.92 Å². The van der Waals surface area contributed by atoms with Gasteiger partial charge in [-0.2, -0.15) is 0 Å². The molecule has 0 spiro atoms. The first-order valence-corrected chi connectivity index (χ1v) is 9.55. The maximum atomic E-state index is 12.1. The van der Waals surface area contributed by atoms with E-state index in [0.29, 0.717) is 5.92 Å². The van der Waals surface area contributed by atoms with Crippen molar-refractivity contribution in [3.8, 4) is 0 Å². The summed E-state index contributed by atoms with van der Waals surface area (Å²) < 4.78 is 2.06. The van der Waals surface area contributed by atoms with Gasteiger partial charge in [-0.15, -0.1) is 0 Å². The van der Waals surface area contributed by atoms with E-state index in [1.165, 1.54) is 12.8 Å². The van der Waals surface area contributed by atoms with Crippen LogP contribution in [0.2, 0.25) is 0 Å². The van der Waals surface area contributed by atoms with E-state index < -0.39 is 0 Å². The third kappa shape index (κ3) is 3.34. The van der Waals surface area contributed by atoms with Crippen molar-refractivity contribution in [2.45, 2.75) is 31.6 Å². The van der Waals surface area contributed by atoms with Gasteiger partial charge >= 0.3 is 6.03 Å². The average molecular weight is 356 g/mol. The van der Waals surface area contributed by atoms with Crippen molar-refractivity contribution in [1.29, 1.82) is 0 Å². The minimum atomic E-state index is 0.102. The molecule has 0 aromatic carbocycles. The summed E-state index contributed by atoms with van der Waals surface area (Å²) in [5.74, 6) is 2.10. The Hall–Kier alpha value is -2.31. The zero-order valence-corrected chi connectivity index (χ0v) is 15.9. The maximum absolute atomic E-state index is 12.1. The number of pyridine rings is 1. The minimum Gasteiger partial charge on any atom is -0.368 e. The van der Waals surface area contributed by atoms with Crippen molar-refractivity contribution in [2.75, 3.05) is 39.0 Å². The van der Waals surface area contributed by atoms with E-state index in [2.05, 4.69) is 20.9 Å². The molecule has 2 fully saturated rings. The fourth-order valence-electron chi connectivity index (χ4n) is 3.69. The topological polar surface area (TPSA) is 66.3 Å². The number of fused-ring (bicyclic) bond motifs is 1. The molecule has 1 N–H and O–H groups in total. The highest BCUT2D eigenvalue weighted by Crippen LogP contribution is 2.33. The predicted molar refractivity (Wildman–Crippen MR) is 102 cm³/mol. The lowest BCUT2D eigenvalue weighted by atomic mass is 9.93. The SMILES string of the molecule is CN(C)C(=O)N1CCC(c2cc3c(ncn3C)c(NCC3CC3)n2)CC1. The molecule has 26 heavy (non-hydrogen) atoms. The third-order valence-corrected chi connectivity index (χ3v) is 5.55. The number of imidazole rings is 1. The van der Waals surface area contributed by atoms with Crippen LogP contribution >= 0.6 is 0 Å². The standard InChI is InChI=1S/C19H28N6O/c1-23(2)19(26)25-8-6-14(7-9-25)15-10-16-17(21-12-24(16)3)18(22-15)20-11-13-4-5-13/h10,12-14H,4-9,11H2,1-3H3,(H,20,22). The minimum absolute atomic E-state index is 0.102. The van der Waals surface area contributed by atoms with Crippen molar-refractivity contribution in [1.82, 2.24) is 24.3 Å². The van der Waals surface area contributed by atoms with Crippen LogP contribution in [0.15, 0.2) is 12.4 Å². The molecule has 1 aliphatic carbocycles. The number of piperidine rings is 1.